The first-order valence-corrected chi connectivity index (χ1v) is 11.3. The first kappa shape index (κ1) is 22.6. The molecule has 1 saturated carbocycles. The molecule has 0 spiro atoms. The number of benzene rings is 1. The molecule has 3 rings (SSSR count). The van der Waals surface area contributed by atoms with Crippen LogP contribution in [0.15, 0.2) is 36.5 Å². The number of amides is 2. The summed E-state index contributed by atoms with van der Waals surface area (Å²) in [6.07, 6.45) is 12.0. The highest BCUT2D eigenvalue weighted by molar-refractivity contribution is 5.99. The molecule has 0 unspecified atom stereocenters. The number of carbonyl (C=O) groups is 2. The highest BCUT2D eigenvalue weighted by atomic mass is 16.2. The van der Waals surface area contributed by atoms with Gasteiger partial charge in [0.2, 0.25) is 11.8 Å². The van der Waals surface area contributed by atoms with E-state index in [1.54, 1.807) is 6.08 Å². The summed E-state index contributed by atoms with van der Waals surface area (Å²) in [5.74, 6) is -0.308. The van der Waals surface area contributed by atoms with Crippen molar-refractivity contribution in [3.63, 3.8) is 0 Å². The maximum atomic E-state index is 12.9. The molecule has 2 amide bonds. The molecule has 1 heterocycles. The quantitative estimate of drug-likeness (QED) is 0.468. The van der Waals surface area contributed by atoms with Gasteiger partial charge in [0.05, 0.1) is 12.5 Å². The van der Waals surface area contributed by atoms with Crippen molar-refractivity contribution in [2.24, 2.45) is 0 Å². The molecule has 0 atom stereocenters. The number of nitriles is 1. The van der Waals surface area contributed by atoms with Crippen molar-refractivity contribution < 1.29 is 9.59 Å². The molecule has 6 nitrogen and oxygen atoms in total. The standard InChI is InChI=1S/C25H32N4O2/c1-2-3-17-27-24(31)25(14-7-4-8-15-25)28-23(30)13-12-20-19-29(18-9-16-26)22-11-6-5-10-21(20)22/h5-6,10-13,19H,2-4,7-9,14-15,17-18H2,1H3,(H,27,31)(H,28,30)/b13-12+. The van der Waals surface area contributed by atoms with E-state index in [2.05, 4.69) is 23.6 Å². The van der Waals surface area contributed by atoms with Gasteiger partial charge in [0.1, 0.15) is 5.54 Å². The largest absolute Gasteiger partial charge is 0.354 e. The molecule has 31 heavy (non-hydrogen) atoms. The molecular weight excluding hydrogens is 388 g/mol. The smallest absolute Gasteiger partial charge is 0.245 e. The lowest BCUT2D eigenvalue weighted by atomic mass is 9.80. The van der Waals surface area contributed by atoms with Gasteiger partial charge in [0, 0.05) is 41.8 Å². The van der Waals surface area contributed by atoms with Gasteiger partial charge in [-0.2, -0.15) is 5.26 Å². The molecule has 2 aromatic rings. The summed E-state index contributed by atoms with van der Waals surface area (Å²) < 4.78 is 2.04. The summed E-state index contributed by atoms with van der Waals surface area (Å²) >= 11 is 0. The molecule has 1 aromatic heterocycles. The van der Waals surface area contributed by atoms with Crippen LogP contribution in [0.5, 0.6) is 0 Å². The van der Waals surface area contributed by atoms with Crippen molar-refractivity contribution in [2.45, 2.75) is 70.4 Å². The topological polar surface area (TPSA) is 86.9 Å². The number of para-hydroxylation sites is 1. The Hall–Kier alpha value is -3.07. The molecule has 1 fully saturated rings. The van der Waals surface area contributed by atoms with Gasteiger partial charge in [0.25, 0.3) is 0 Å². The molecule has 0 bridgehead atoms. The average molecular weight is 421 g/mol. The highest BCUT2D eigenvalue weighted by Crippen LogP contribution is 2.29. The molecule has 0 radical (unpaired) electrons. The third kappa shape index (κ3) is 5.55. The van der Waals surface area contributed by atoms with Crippen LogP contribution in [0, 0.1) is 11.3 Å². The first-order chi connectivity index (χ1) is 15.1. The van der Waals surface area contributed by atoms with E-state index in [9.17, 15) is 9.59 Å². The minimum atomic E-state index is -0.811. The molecule has 164 valence electrons. The zero-order chi connectivity index (χ0) is 22.1. The van der Waals surface area contributed by atoms with Crippen LogP contribution in [0.1, 0.15) is 63.9 Å². The van der Waals surface area contributed by atoms with Crippen molar-refractivity contribution in [2.75, 3.05) is 6.54 Å². The van der Waals surface area contributed by atoms with Gasteiger partial charge in [-0.1, -0.05) is 50.8 Å². The number of aromatic nitrogens is 1. The fraction of sp³-hybridized carbons (Fsp3) is 0.480. The second-order valence-electron chi connectivity index (χ2n) is 8.28. The van der Waals surface area contributed by atoms with Crippen molar-refractivity contribution >= 4 is 28.8 Å². The number of hydrogen-bond donors (Lipinski definition) is 2. The Kier molecular flexibility index (Phi) is 7.88. The van der Waals surface area contributed by atoms with Crippen LogP contribution in [0.2, 0.25) is 0 Å². The molecule has 0 aliphatic heterocycles. The lowest BCUT2D eigenvalue weighted by molar-refractivity contribution is -0.133. The third-order valence-electron chi connectivity index (χ3n) is 6.02. The van der Waals surface area contributed by atoms with E-state index < -0.39 is 5.54 Å². The van der Waals surface area contributed by atoms with Gasteiger partial charge in [-0.15, -0.1) is 0 Å². The van der Waals surface area contributed by atoms with Crippen LogP contribution in [0.25, 0.3) is 17.0 Å². The fourth-order valence-corrected chi connectivity index (χ4v) is 4.32. The Morgan fingerprint density at radius 2 is 2.00 bits per heavy atom. The summed E-state index contributed by atoms with van der Waals surface area (Å²) in [5, 5.41) is 16.0. The monoisotopic (exact) mass is 420 g/mol. The molecule has 1 aliphatic rings. The van der Waals surface area contributed by atoms with Crippen LogP contribution >= 0.6 is 0 Å². The lowest BCUT2D eigenvalue weighted by Crippen LogP contribution is -2.59. The zero-order valence-electron chi connectivity index (χ0n) is 18.3. The van der Waals surface area contributed by atoms with E-state index in [1.807, 2.05) is 35.0 Å². The molecule has 0 saturated heterocycles. The number of rotatable bonds is 9. The van der Waals surface area contributed by atoms with Crippen molar-refractivity contribution in [1.82, 2.24) is 15.2 Å². The normalized spacial score (nSPS) is 15.6. The first-order valence-electron chi connectivity index (χ1n) is 11.3. The molecule has 1 aliphatic carbocycles. The summed E-state index contributed by atoms with van der Waals surface area (Å²) in [4.78, 5) is 25.7. The van der Waals surface area contributed by atoms with Crippen LogP contribution in [-0.2, 0) is 16.1 Å². The van der Waals surface area contributed by atoms with E-state index >= 15 is 0 Å². The minimum Gasteiger partial charge on any atom is -0.354 e. The number of carbonyl (C=O) groups excluding carboxylic acids is 2. The average Bonchev–Trinajstić information content (AvgIpc) is 3.14. The summed E-state index contributed by atoms with van der Waals surface area (Å²) in [6, 6.07) is 10.1. The number of hydrogen-bond acceptors (Lipinski definition) is 3. The van der Waals surface area contributed by atoms with E-state index in [-0.39, 0.29) is 11.8 Å². The van der Waals surface area contributed by atoms with E-state index in [1.165, 1.54) is 6.08 Å². The number of unbranched alkanes of at least 4 members (excludes halogenated alkanes) is 1. The maximum absolute atomic E-state index is 12.9. The van der Waals surface area contributed by atoms with Gasteiger partial charge < -0.3 is 15.2 Å². The van der Waals surface area contributed by atoms with Crippen molar-refractivity contribution in [1.29, 1.82) is 5.26 Å². The predicted molar refractivity (Wildman–Crippen MR) is 123 cm³/mol. The second kappa shape index (κ2) is 10.8. The molecule has 2 N–H and O–H groups in total. The van der Waals surface area contributed by atoms with Gasteiger partial charge in [-0.05, 0) is 31.4 Å². The fourth-order valence-electron chi connectivity index (χ4n) is 4.32. The lowest BCUT2D eigenvalue weighted by Gasteiger charge is -2.36. The van der Waals surface area contributed by atoms with Gasteiger partial charge in [-0.25, -0.2) is 0 Å². The summed E-state index contributed by atoms with van der Waals surface area (Å²) in [7, 11) is 0. The molecule has 6 heteroatoms. The number of aryl methyl sites for hydroxylation is 1. The Morgan fingerprint density at radius 1 is 1.23 bits per heavy atom. The maximum Gasteiger partial charge on any atom is 0.245 e. The number of nitrogens with one attached hydrogen (secondary N) is 2. The SMILES string of the molecule is CCCCNC(=O)C1(NC(=O)/C=C/c2cn(CCC#N)c3ccccc23)CCCCC1. The van der Waals surface area contributed by atoms with E-state index in [0.717, 1.165) is 48.6 Å². The number of fused-ring (bicyclic) bond motifs is 1. The van der Waals surface area contributed by atoms with Crippen LogP contribution in [0.3, 0.4) is 0 Å². The Morgan fingerprint density at radius 3 is 2.74 bits per heavy atom. The Labute approximate surface area is 184 Å². The predicted octanol–water partition coefficient (Wildman–Crippen LogP) is 4.30. The highest BCUT2D eigenvalue weighted by Gasteiger charge is 2.40. The molecule has 1 aromatic carbocycles. The van der Waals surface area contributed by atoms with Crippen LogP contribution in [0.4, 0.5) is 0 Å². The second-order valence-corrected chi connectivity index (χ2v) is 8.28. The van der Waals surface area contributed by atoms with E-state index in [0.29, 0.717) is 32.4 Å². The van der Waals surface area contributed by atoms with Gasteiger partial charge in [0.15, 0.2) is 0 Å². The van der Waals surface area contributed by atoms with Crippen molar-refractivity contribution in [3.05, 3.63) is 42.1 Å². The zero-order valence-corrected chi connectivity index (χ0v) is 18.3. The van der Waals surface area contributed by atoms with E-state index in [4.69, 9.17) is 5.26 Å². The van der Waals surface area contributed by atoms with Crippen molar-refractivity contribution in [3.8, 4) is 6.07 Å². The van der Waals surface area contributed by atoms with Gasteiger partial charge >= 0.3 is 0 Å². The summed E-state index contributed by atoms with van der Waals surface area (Å²) in [6.45, 7) is 3.34. The molecular formula is C25H32N4O2. The van der Waals surface area contributed by atoms with Crippen LogP contribution in [-0.4, -0.2) is 28.5 Å². The Balaban J connectivity index is 1.75. The Bertz CT molecular complexity index is 977. The third-order valence-corrected chi connectivity index (χ3v) is 6.02. The van der Waals surface area contributed by atoms with Crippen LogP contribution < -0.4 is 10.6 Å². The number of nitrogens with zero attached hydrogens (tertiary/aromatic N) is 2. The summed E-state index contributed by atoms with van der Waals surface area (Å²) in [5.41, 5.74) is 1.15. The minimum absolute atomic E-state index is 0.0597. The van der Waals surface area contributed by atoms with Gasteiger partial charge in [-0.3, -0.25) is 9.59 Å².